The summed E-state index contributed by atoms with van der Waals surface area (Å²) in [4.78, 5) is 12.1. The van der Waals surface area contributed by atoms with Crippen molar-refractivity contribution in [1.29, 1.82) is 5.26 Å². The zero-order valence-electron chi connectivity index (χ0n) is 11.6. The largest absolute Gasteiger partial charge is 0.480 e. The minimum absolute atomic E-state index is 0.264. The molecule has 1 atom stereocenters. The normalized spacial score (nSPS) is 11.4. The number of hydrogen-bond donors (Lipinski definition) is 1. The zero-order valence-corrected chi connectivity index (χ0v) is 14.8. The highest BCUT2D eigenvalue weighted by atomic mass is 79.9. The van der Waals surface area contributed by atoms with Gasteiger partial charge in [0.05, 0.1) is 16.1 Å². The maximum atomic E-state index is 12.1. The molecule has 0 aliphatic rings. The van der Waals surface area contributed by atoms with Crippen molar-refractivity contribution >= 4 is 43.5 Å². The smallest absolute Gasteiger partial charge is 0.265 e. The first-order chi connectivity index (χ1) is 10.5. The van der Waals surface area contributed by atoms with Crippen LogP contribution in [0, 0.1) is 11.3 Å². The molecule has 0 bridgehead atoms. The number of rotatable bonds is 4. The standard InChI is InChI=1S/C16H12Br2N2O2/c1-10(22-15-7-4-12(17)8-14(15)18)16(21)20-13-5-2-11(9-19)3-6-13/h2-8,10H,1H3,(H,20,21)/t10-/m1/s1. The zero-order chi connectivity index (χ0) is 16.1. The van der Waals surface area contributed by atoms with E-state index in [1.165, 1.54) is 0 Å². The van der Waals surface area contributed by atoms with Crippen LogP contribution in [0.1, 0.15) is 12.5 Å². The summed E-state index contributed by atoms with van der Waals surface area (Å²) in [5.41, 5.74) is 1.16. The van der Waals surface area contributed by atoms with Gasteiger partial charge in [0.15, 0.2) is 6.10 Å². The summed E-state index contributed by atoms with van der Waals surface area (Å²) >= 11 is 6.75. The van der Waals surface area contributed by atoms with E-state index in [0.717, 1.165) is 8.95 Å². The first kappa shape index (κ1) is 16.5. The number of carbonyl (C=O) groups is 1. The second-order valence-electron chi connectivity index (χ2n) is 4.51. The molecule has 2 aromatic rings. The van der Waals surface area contributed by atoms with Gasteiger partial charge >= 0.3 is 0 Å². The number of benzene rings is 2. The topological polar surface area (TPSA) is 62.1 Å². The number of nitrogens with zero attached hydrogens (tertiary/aromatic N) is 1. The average Bonchev–Trinajstić information content (AvgIpc) is 2.50. The molecule has 0 spiro atoms. The first-order valence-corrected chi connectivity index (χ1v) is 8.01. The molecule has 0 fully saturated rings. The Morgan fingerprint density at radius 2 is 1.91 bits per heavy atom. The van der Waals surface area contributed by atoms with Crippen LogP contribution in [0.15, 0.2) is 51.4 Å². The van der Waals surface area contributed by atoms with Gasteiger partial charge in [-0.2, -0.15) is 5.26 Å². The molecule has 22 heavy (non-hydrogen) atoms. The maximum Gasteiger partial charge on any atom is 0.265 e. The van der Waals surface area contributed by atoms with Crippen molar-refractivity contribution in [3.63, 3.8) is 0 Å². The predicted octanol–water partition coefficient (Wildman–Crippen LogP) is 4.49. The van der Waals surface area contributed by atoms with E-state index in [4.69, 9.17) is 10.00 Å². The molecule has 0 aliphatic heterocycles. The van der Waals surface area contributed by atoms with Gasteiger partial charge in [-0.1, -0.05) is 15.9 Å². The summed E-state index contributed by atoms with van der Waals surface area (Å²) in [6.07, 6.45) is -0.659. The summed E-state index contributed by atoms with van der Waals surface area (Å²) in [6.45, 7) is 1.67. The molecule has 112 valence electrons. The number of ether oxygens (including phenoxy) is 1. The van der Waals surface area contributed by atoms with Crippen LogP contribution in [0.3, 0.4) is 0 Å². The molecule has 1 N–H and O–H groups in total. The van der Waals surface area contributed by atoms with E-state index < -0.39 is 6.10 Å². The van der Waals surface area contributed by atoms with Crippen LogP contribution in [0.5, 0.6) is 5.75 Å². The Hall–Kier alpha value is -1.84. The van der Waals surface area contributed by atoms with E-state index in [1.807, 2.05) is 18.2 Å². The summed E-state index contributed by atoms with van der Waals surface area (Å²) < 4.78 is 7.33. The first-order valence-electron chi connectivity index (χ1n) is 6.42. The van der Waals surface area contributed by atoms with Gasteiger partial charge in [0.25, 0.3) is 5.91 Å². The molecular weight excluding hydrogens is 412 g/mol. The van der Waals surface area contributed by atoms with Crippen molar-refractivity contribution in [1.82, 2.24) is 0 Å². The summed E-state index contributed by atoms with van der Waals surface area (Å²) in [5, 5.41) is 11.5. The van der Waals surface area contributed by atoms with Crippen molar-refractivity contribution in [2.24, 2.45) is 0 Å². The molecule has 0 radical (unpaired) electrons. The van der Waals surface area contributed by atoms with Crippen LogP contribution in [0.4, 0.5) is 5.69 Å². The van der Waals surface area contributed by atoms with Gasteiger partial charge in [-0.3, -0.25) is 4.79 Å². The highest BCUT2D eigenvalue weighted by Gasteiger charge is 2.16. The highest BCUT2D eigenvalue weighted by Crippen LogP contribution is 2.29. The Morgan fingerprint density at radius 3 is 2.50 bits per heavy atom. The molecule has 2 aromatic carbocycles. The van der Waals surface area contributed by atoms with Crippen LogP contribution < -0.4 is 10.1 Å². The molecule has 0 heterocycles. The molecule has 4 nitrogen and oxygen atoms in total. The Labute approximate surface area is 145 Å². The van der Waals surface area contributed by atoms with E-state index in [0.29, 0.717) is 17.0 Å². The fraction of sp³-hybridized carbons (Fsp3) is 0.125. The summed E-state index contributed by atoms with van der Waals surface area (Å²) in [6, 6.07) is 14.1. The Balaban J connectivity index is 2.01. The van der Waals surface area contributed by atoms with Crippen LogP contribution in [0.25, 0.3) is 0 Å². The molecular formula is C16H12Br2N2O2. The van der Waals surface area contributed by atoms with E-state index >= 15 is 0 Å². The second-order valence-corrected chi connectivity index (χ2v) is 6.28. The summed E-state index contributed by atoms with van der Waals surface area (Å²) in [5.74, 6) is 0.324. The van der Waals surface area contributed by atoms with Gasteiger partial charge in [-0.05, 0) is 65.3 Å². The van der Waals surface area contributed by atoms with Crippen LogP contribution >= 0.6 is 31.9 Å². The van der Waals surface area contributed by atoms with E-state index in [-0.39, 0.29) is 5.91 Å². The predicted molar refractivity (Wildman–Crippen MR) is 91.7 cm³/mol. The van der Waals surface area contributed by atoms with Crippen LogP contribution in [0.2, 0.25) is 0 Å². The molecule has 2 rings (SSSR count). The lowest BCUT2D eigenvalue weighted by Gasteiger charge is -2.16. The van der Waals surface area contributed by atoms with Crippen molar-refractivity contribution < 1.29 is 9.53 Å². The lowest BCUT2D eigenvalue weighted by atomic mass is 10.2. The van der Waals surface area contributed by atoms with Crippen molar-refractivity contribution in [2.75, 3.05) is 5.32 Å². The fourth-order valence-corrected chi connectivity index (χ4v) is 2.83. The highest BCUT2D eigenvalue weighted by molar-refractivity contribution is 9.11. The van der Waals surface area contributed by atoms with Gasteiger partial charge in [0.2, 0.25) is 0 Å². The molecule has 6 heteroatoms. The number of nitriles is 1. The molecule has 0 saturated heterocycles. The number of hydrogen-bond acceptors (Lipinski definition) is 3. The number of nitrogens with one attached hydrogen (secondary N) is 1. The van der Waals surface area contributed by atoms with E-state index in [1.54, 1.807) is 37.3 Å². The monoisotopic (exact) mass is 422 g/mol. The van der Waals surface area contributed by atoms with Crippen LogP contribution in [-0.2, 0) is 4.79 Å². The minimum Gasteiger partial charge on any atom is -0.480 e. The molecule has 0 saturated carbocycles. The fourth-order valence-electron chi connectivity index (χ4n) is 1.69. The third kappa shape index (κ3) is 4.33. The van der Waals surface area contributed by atoms with E-state index in [9.17, 15) is 4.79 Å². The van der Waals surface area contributed by atoms with Gasteiger partial charge in [-0.15, -0.1) is 0 Å². The second kappa shape index (κ2) is 7.43. The van der Waals surface area contributed by atoms with Crippen molar-refractivity contribution in [2.45, 2.75) is 13.0 Å². The maximum absolute atomic E-state index is 12.1. The van der Waals surface area contributed by atoms with Gasteiger partial charge < -0.3 is 10.1 Å². The van der Waals surface area contributed by atoms with Gasteiger partial charge in [0, 0.05) is 10.2 Å². The molecule has 0 aromatic heterocycles. The van der Waals surface area contributed by atoms with Gasteiger partial charge in [-0.25, -0.2) is 0 Å². The van der Waals surface area contributed by atoms with E-state index in [2.05, 4.69) is 37.2 Å². The van der Waals surface area contributed by atoms with Crippen molar-refractivity contribution in [3.8, 4) is 11.8 Å². The van der Waals surface area contributed by atoms with Crippen molar-refractivity contribution in [3.05, 3.63) is 57.0 Å². The number of amides is 1. The Bertz CT molecular complexity index is 724. The Morgan fingerprint density at radius 1 is 1.23 bits per heavy atom. The SMILES string of the molecule is C[C@@H](Oc1ccc(Br)cc1Br)C(=O)Nc1ccc(C#N)cc1. The number of carbonyl (C=O) groups excluding carboxylic acids is 1. The summed E-state index contributed by atoms with van der Waals surface area (Å²) in [7, 11) is 0. The third-order valence-corrected chi connectivity index (χ3v) is 3.96. The third-order valence-electron chi connectivity index (χ3n) is 2.85. The lowest BCUT2D eigenvalue weighted by Crippen LogP contribution is -2.30. The lowest BCUT2D eigenvalue weighted by molar-refractivity contribution is -0.122. The van der Waals surface area contributed by atoms with Crippen LogP contribution in [-0.4, -0.2) is 12.0 Å². The number of halogens is 2. The molecule has 1 amide bonds. The van der Waals surface area contributed by atoms with Gasteiger partial charge in [0.1, 0.15) is 5.75 Å². The minimum atomic E-state index is -0.659. The molecule has 0 unspecified atom stereocenters. The Kier molecular flexibility index (Phi) is 5.58. The molecule has 0 aliphatic carbocycles. The average molecular weight is 424 g/mol. The number of anilines is 1. The quantitative estimate of drug-likeness (QED) is 0.787.